The van der Waals surface area contributed by atoms with Crippen LogP contribution < -0.4 is 10.6 Å². The van der Waals surface area contributed by atoms with Crippen LogP contribution in [0.5, 0.6) is 0 Å². The van der Waals surface area contributed by atoms with Crippen molar-refractivity contribution in [3.05, 3.63) is 23.8 Å². The highest BCUT2D eigenvalue weighted by Crippen LogP contribution is 2.25. The van der Waals surface area contributed by atoms with Crippen LogP contribution in [0.15, 0.2) is 18.2 Å². The Morgan fingerprint density at radius 1 is 1.50 bits per heavy atom. The Hall–Kier alpha value is -1.51. The van der Waals surface area contributed by atoms with Gasteiger partial charge in [-0.3, -0.25) is 4.79 Å². The standard InChI is InChI=1S/C11H14N2O/c1-2-8-3-4-9(7-10(8)12)13-6-5-11(13)14/h3-4,7H,2,5-6,12H2,1H3. The van der Waals surface area contributed by atoms with Gasteiger partial charge in [-0.25, -0.2) is 0 Å². The number of nitrogens with zero attached hydrogens (tertiary/aromatic N) is 1. The number of hydrogen-bond donors (Lipinski definition) is 1. The maximum atomic E-state index is 11.2. The highest BCUT2D eigenvalue weighted by molar-refractivity contribution is 5.99. The summed E-state index contributed by atoms with van der Waals surface area (Å²) in [4.78, 5) is 12.9. The lowest BCUT2D eigenvalue weighted by Gasteiger charge is -2.31. The predicted molar refractivity (Wildman–Crippen MR) is 57.2 cm³/mol. The summed E-state index contributed by atoms with van der Waals surface area (Å²) >= 11 is 0. The van der Waals surface area contributed by atoms with Crippen LogP contribution in [-0.4, -0.2) is 12.5 Å². The van der Waals surface area contributed by atoms with Crippen molar-refractivity contribution in [3.8, 4) is 0 Å². The summed E-state index contributed by atoms with van der Waals surface area (Å²) in [6, 6.07) is 5.85. The van der Waals surface area contributed by atoms with E-state index in [-0.39, 0.29) is 5.91 Å². The van der Waals surface area contributed by atoms with Crippen LogP contribution in [0.2, 0.25) is 0 Å². The van der Waals surface area contributed by atoms with Crippen LogP contribution in [0.3, 0.4) is 0 Å². The maximum absolute atomic E-state index is 11.2. The average molecular weight is 190 g/mol. The van der Waals surface area contributed by atoms with Crippen LogP contribution in [-0.2, 0) is 11.2 Å². The molecular formula is C11H14N2O. The van der Waals surface area contributed by atoms with Crippen LogP contribution in [0, 0.1) is 0 Å². The minimum absolute atomic E-state index is 0.189. The van der Waals surface area contributed by atoms with Crippen molar-refractivity contribution in [1.29, 1.82) is 0 Å². The summed E-state index contributed by atoms with van der Waals surface area (Å²) in [6.07, 6.45) is 1.59. The summed E-state index contributed by atoms with van der Waals surface area (Å²) in [7, 11) is 0. The number of carbonyl (C=O) groups is 1. The number of benzene rings is 1. The Bertz CT molecular complexity index is 374. The van der Waals surface area contributed by atoms with Gasteiger partial charge in [0, 0.05) is 24.3 Å². The van der Waals surface area contributed by atoms with Crippen molar-refractivity contribution in [3.63, 3.8) is 0 Å². The van der Waals surface area contributed by atoms with Gasteiger partial charge in [-0.05, 0) is 24.1 Å². The molecule has 74 valence electrons. The smallest absolute Gasteiger partial charge is 0.228 e. The normalized spacial score (nSPS) is 15.5. The number of nitrogen functional groups attached to an aromatic ring is 1. The van der Waals surface area contributed by atoms with Crippen molar-refractivity contribution in [2.75, 3.05) is 17.2 Å². The lowest BCUT2D eigenvalue weighted by Crippen LogP contribution is -2.43. The molecule has 2 N–H and O–H groups in total. The number of carbonyl (C=O) groups excluding carboxylic acids is 1. The Morgan fingerprint density at radius 3 is 2.71 bits per heavy atom. The van der Waals surface area contributed by atoms with Crippen molar-refractivity contribution < 1.29 is 4.79 Å². The minimum atomic E-state index is 0.189. The topological polar surface area (TPSA) is 46.3 Å². The van der Waals surface area contributed by atoms with Gasteiger partial charge in [0.1, 0.15) is 0 Å². The zero-order chi connectivity index (χ0) is 10.1. The van der Waals surface area contributed by atoms with Crippen LogP contribution >= 0.6 is 0 Å². The number of anilines is 2. The van der Waals surface area contributed by atoms with E-state index in [1.807, 2.05) is 18.2 Å². The molecule has 0 saturated carbocycles. The molecule has 1 saturated heterocycles. The Kier molecular flexibility index (Phi) is 2.15. The fourth-order valence-corrected chi connectivity index (χ4v) is 1.66. The Labute approximate surface area is 83.5 Å². The van der Waals surface area contributed by atoms with Crippen molar-refractivity contribution >= 4 is 17.3 Å². The third kappa shape index (κ3) is 1.35. The molecule has 2 rings (SSSR count). The first-order valence-electron chi connectivity index (χ1n) is 4.91. The van der Waals surface area contributed by atoms with Gasteiger partial charge in [0.05, 0.1) is 0 Å². The molecule has 0 aliphatic carbocycles. The number of nitrogens with two attached hydrogens (primary N) is 1. The quantitative estimate of drug-likeness (QED) is 0.568. The SMILES string of the molecule is CCc1ccc(N2CCC2=O)cc1N. The van der Waals surface area contributed by atoms with Gasteiger partial charge in [-0.2, -0.15) is 0 Å². The largest absolute Gasteiger partial charge is 0.398 e. The van der Waals surface area contributed by atoms with Crippen LogP contribution in [0.4, 0.5) is 11.4 Å². The molecule has 1 aliphatic heterocycles. The number of β-lactam (4-membered cyclic amide) rings is 1. The minimum Gasteiger partial charge on any atom is -0.398 e. The zero-order valence-electron chi connectivity index (χ0n) is 8.29. The van der Waals surface area contributed by atoms with Gasteiger partial charge >= 0.3 is 0 Å². The molecule has 1 heterocycles. The van der Waals surface area contributed by atoms with Crippen molar-refractivity contribution in [2.45, 2.75) is 19.8 Å². The second kappa shape index (κ2) is 3.33. The molecule has 1 aliphatic rings. The molecule has 1 fully saturated rings. The fourth-order valence-electron chi connectivity index (χ4n) is 1.66. The molecule has 0 atom stereocenters. The first kappa shape index (κ1) is 9.06. The molecule has 1 amide bonds. The molecule has 14 heavy (non-hydrogen) atoms. The molecule has 0 unspecified atom stereocenters. The van der Waals surface area contributed by atoms with E-state index >= 15 is 0 Å². The molecule has 0 aromatic heterocycles. The van der Waals surface area contributed by atoms with Gasteiger partial charge in [0.25, 0.3) is 0 Å². The summed E-state index contributed by atoms with van der Waals surface area (Å²) in [5, 5.41) is 0. The average Bonchev–Trinajstić information content (AvgIpc) is 2.16. The highest BCUT2D eigenvalue weighted by atomic mass is 16.2. The molecule has 0 spiro atoms. The summed E-state index contributed by atoms with van der Waals surface area (Å²) in [5.74, 6) is 0.189. The van der Waals surface area contributed by atoms with E-state index in [2.05, 4.69) is 6.92 Å². The van der Waals surface area contributed by atoms with Crippen LogP contribution in [0.1, 0.15) is 18.9 Å². The van der Waals surface area contributed by atoms with E-state index in [1.165, 1.54) is 0 Å². The Morgan fingerprint density at radius 2 is 2.29 bits per heavy atom. The van der Waals surface area contributed by atoms with E-state index < -0.39 is 0 Å². The van der Waals surface area contributed by atoms with Crippen molar-refractivity contribution in [2.24, 2.45) is 0 Å². The van der Waals surface area contributed by atoms with Gasteiger partial charge in [-0.15, -0.1) is 0 Å². The number of rotatable bonds is 2. The van der Waals surface area contributed by atoms with Gasteiger partial charge in [0.2, 0.25) is 5.91 Å². The number of aryl methyl sites for hydroxylation is 1. The number of amides is 1. The van der Waals surface area contributed by atoms with Crippen LogP contribution in [0.25, 0.3) is 0 Å². The molecular weight excluding hydrogens is 176 g/mol. The summed E-state index contributed by atoms with van der Waals surface area (Å²) < 4.78 is 0. The lowest BCUT2D eigenvalue weighted by atomic mass is 10.1. The molecule has 3 heteroatoms. The lowest BCUT2D eigenvalue weighted by molar-refractivity contribution is -0.122. The first-order valence-corrected chi connectivity index (χ1v) is 4.91. The third-order valence-corrected chi connectivity index (χ3v) is 2.67. The maximum Gasteiger partial charge on any atom is 0.228 e. The van der Waals surface area contributed by atoms with E-state index in [1.54, 1.807) is 4.90 Å². The molecule has 0 bridgehead atoms. The predicted octanol–water partition coefficient (Wildman–Crippen LogP) is 1.57. The van der Waals surface area contributed by atoms with E-state index in [0.29, 0.717) is 6.42 Å². The second-order valence-electron chi connectivity index (χ2n) is 3.53. The molecule has 1 aromatic carbocycles. The number of hydrogen-bond acceptors (Lipinski definition) is 2. The molecule has 1 aromatic rings. The van der Waals surface area contributed by atoms with E-state index in [0.717, 1.165) is 29.9 Å². The monoisotopic (exact) mass is 190 g/mol. The molecule has 3 nitrogen and oxygen atoms in total. The fraction of sp³-hybridized carbons (Fsp3) is 0.364. The van der Waals surface area contributed by atoms with E-state index in [4.69, 9.17) is 5.73 Å². The van der Waals surface area contributed by atoms with Gasteiger partial charge < -0.3 is 10.6 Å². The summed E-state index contributed by atoms with van der Waals surface area (Å²) in [5.41, 5.74) is 8.71. The summed E-state index contributed by atoms with van der Waals surface area (Å²) in [6.45, 7) is 2.89. The molecule has 0 radical (unpaired) electrons. The zero-order valence-corrected chi connectivity index (χ0v) is 8.29. The van der Waals surface area contributed by atoms with Gasteiger partial charge in [-0.1, -0.05) is 13.0 Å². The van der Waals surface area contributed by atoms with E-state index in [9.17, 15) is 4.79 Å². The highest BCUT2D eigenvalue weighted by Gasteiger charge is 2.25. The second-order valence-corrected chi connectivity index (χ2v) is 3.53. The first-order chi connectivity index (χ1) is 6.72. The third-order valence-electron chi connectivity index (χ3n) is 2.67. The van der Waals surface area contributed by atoms with Crippen molar-refractivity contribution in [1.82, 2.24) is 0 Å². The van der Waals surface area contributed by atoms with Gasteiger partial charge in [0.15, 0.2) is 0 Å². The Balaban J connectivity index is 2.28.